The minimum Gasteiger partial charge on any atom is -0.307 e. The van der Waals surface area contributed by atoms with E-state index in [4.69, 9.17) is 0 Å². The van der Waals surface area contributed by atoms with E-state index in [-0.39, 0.29) is 5.56 Å². The van der Waals surface area contributed by atoms with Crippen molar-refractivity contribution in [3.8, 4) is 0 Å². The highest BCUT2D eigenvalue weighted by atomic mass is 16.1. The van der Waals surface area contributed by atoms with Gasteiger partial charge in [-0.25, -0.2) is 4.52 Å². The molecule has 0 spiro atoms. The van der Waals surface area contributed by atoms with Gasteiger partial charge in [-0.3, -0.25) is 4.79 Å². The summed E-state index contributed by atoms with van der Waals surface area (Å²) in [5.74, 6) is 1.87. The fraction of sp³-hybridized carbons (Fsp3) is 0.588. The summed E-state index contributed by atoms with van der Waals surface area (Å²) < 4.78 is 1.94. The molecular formula is C17H25N4O. The van der Waals surface area contributed by atoms with Gasteiger partial charge in [-0.15, -0.1) is 0 Å². The van der Waals surface area contributed by atoms with Gasteiger partial charge >= 0.3 is 0 Å². The number of likely N-dealkylation sites (tertiary alicyclic amines) is 1. The zero-order valence-corrected chi connectivity index (χ0v) is 13.7. The largest absolute Gasteiger partial charge is 0.307 e. The van der Waals surface area contributed by atoms with Crippen LogP contribution < -0.4 is 5.56 Å². The molecule has 5 nitrogen and oxygen atoms in total. The summed E-state index contributed by atoms with van der Waals surface area (Å²) in [6.45, 7) is 9.71. The molecule has 0 aromatic carbocycles. The fourth-order valence-electron chi connectivity index (χ4n) is 3.44. The van der Waals surface area contributed by atoms with Crippen molar-refractivity contribution >= 4 is 5.65 Å². The quantitative estimate of drug-likeness (QED) is 0.943. The Morgan fingerprint density at radius 2 is 2.09 bits per heavy atom. The van der Waals surface area contributed by atoms with Gasteiger partial charge in [0.1, 0.15) is 5.65 Å². The van der Waals surface area contributed by atoms with Crippen molar-refractivity contribution in [1.82, 2.24) is 19.5 Å². The number of H-pyrrole nitrogens is 1. The molecule has 0 saturated carbocycles. The second kappa shape index (κ2) is 6.24. The average molecular weight is 301 g/mol. The first-order valence-corrected chi connectivity index (χ1v) is 8.19. The Balaban J connectivity index is 1.85. The smallest absolute Gasteiger partial charge is 0.251 e. The topological polar surface area (TPSA) is 53.4 Å². The van der Waals surface area contributed by atoms with Gasteiger partial charge in [0, 0.05) is 24.1 Å². The Kier molecular flexibility index (Phi) is 4.34. The molecule has 0 amide bonds. The molecule has 1 fully saturated rings. The predicted molar refractivity (Wildman–Crippen MR) is 88.2 cm³/mol. The predicted octanol–water partition coefficient (Wildman–Crippen LogP) is 2.38. The lowest BCUT2D eigenvalue weighted by Crippen LogP contribution is -2.35. The fourth-order valence-corrected chi connectivity index (χ4v) is 3.44. The molecule has 1 saturated heterocycles. The summed E-state index contributed by atoms with van der Waals surface area (Å²) >= 11 is 0. The van der Waals surface area contributed by atoms with Crippen molar-refractivity contribution in [2.75, 3.05) is 19.6 Å². The molecule has 3 heterocycles. The zero-order chi connectivity index (χ0) is 15.7. The van der Waals surface area contributed by atoms with Gasteiger partial charge in [0.05, 0.1) is 11.9 Å². The summed E-state index contributed by atoms with van der Waals surface area (Å²) in [6, 6.07) is 1.73. The molecule has 2 aromatic heterocycles. The van der Waals surface area contributed by atoms with Gasteiger partial charge in [-0.05, 0) is 38.3 Å². The van der Waals surface area contributed by atoms with Gasteiger partial charge in [0.15, 0.2) is 0 Å². The van der Waals surface area contributed by atoms with Crippen molar-refractivity contribution in [2.24, 2.45) is 0 Å². The molecule has 22 heavy (non-hydrogen) atoms. The van der Waals surface area contributed by atoms with E-state index in [0.717, 1.165) is 55.8 Å². The van der Waals surface area contributed by atoms with Crippen LogP contribution in [-0.4, -0.2) is 39.1 Å². The molecule has 1 aliphatic heterocycles. The average Bonchev–Trinajstić information content (AvgIpc) is 2.89. The first-order chi connectivity index (χ1) is 10.6. The number of piperidine rings is 1. The third-order valence-corrected chi connectivity index (χ3v) is 4.54. The van der Waals surface area contributed by atoms with Crippen LogP contribution in [0, 0.1) is 5.92 Å². The molecule has 0 bridgehead atoms. The lowest BCUT2D eigenvalue weighted by molar-refractivity contribution is 0.217. The maximum Gasteiger partial charge on any atom is 0.251 e. The number of nitrogens with zero attached hydrogens (tertiary/aromatic N) is 3. The van der Waals surface area contributed by atoms with Crippen molar-refractivity contribution in [3.05, 3.63) is 39.8 Å². The molecule has 5 heteroatoms. The molecule has 1 aliphatic rings. The lowest BCUT2D eigenvalue weighted by Gasteiger charge is -2.32. The van der Waals surface area contributed by atoms with Crippen LogP contribution in [0.4, 0.5) is 0 Å². The second-order valence-corrected chi connectivity index (χ2v) is 6.60. The zero-order valence-electron chi connectivity index (χ0n) is 13.7. The van der Waals surface area contributed by atoms with Gasteiger partial charge in [-0.2, -0.15) is 5.10 Å². The van der Waals surface area contributed by atoms with Gasteiger partial charge in [0.2, 0.25) is 0 Å². The summed E-state index contributed by atoms with van der Waals surface area (Å²) in [6.07, 6.45) is 4.94. The van der Waals surface area contributed by atoms with Crippen molar-refractivity contribution in [3.63, 3.8) is 0 Å². The van der Waals surface area contributed by atoms with Gasteiger partial charge in [-0.1, -0.05) is 20.8 Å². The standard InChI is InChI=1S/C17H25N4O/c1-4-13-10-18-21-15(9-16(22)19-17(13)21)14-5-7-20(8-6-14)11-12(2)3/h9-10,14H,4-8,11H2,1-3H3,(H,19,22). The number of rotatable bonds is 4. The monoisotopic (exact) mass is 301 g/mol. The van der Waals surface area contributed by atoms with Crippen LogP contribution in [0.3, 0.4) is 0 Å². The third-order valence-electron chi connectivity index (χ3n) is 4.54. The SMILES string of the molecule is CCc1cnn2c(C3CCN(C[C](C)C)CC3)cc(=O)[nH]c12. The van der Waals surface area contributed by atoms with Crippen LogP contribution in [0.25, 0.3) is 5.65 Å². The number of hydrogen-bond acceptors (Lipinski definition) is 3. The molecule has 0 unspecified atom stereocenters. The molecule has 0 aliphatic carbocycles. The molecule has 3 rings (SSSR count). The number of nitrogens with one attached hydrogen (secondary N) is 1. The Hall–Kier alpha value is -1.62. The first-order valence-electron chi connectivity index (χ1n) is 8.19. The summed E-state index contributed by atoms with van der Waals surface area (Å²) in [7, 11) is 0. The second-order valence-electron chi connectivity index (χ2n) is 6.60. The third kappa shape index (κ3) is 2.95. The van der Waals surface area contributed by atoms with Gasteiger partial charge < -0.3 is 9.88 Å². The van der Waals surface area contributed by atoms with Crippen LogP contribution in [0.15, 0.2) is 17.1 Å². The van der Waals surface area contributed by atoms with E-state index in [1.54, 1.807) is 6.07 Å². The molecule has 2 aromatic rings. The highest BCUT2D eigenvalue weighted by molar-refractivity contribution is 5.47. The number of aromatic amines is 1. The first kappa shape index (κ1) is 15.3. The van der Waals surface area contributed by atoms with E-state index in [0.29, 0.717) is 5.92 Å². The van der Waals surface area contributed by atoms with E-state index in [1.165, 1.54) is 5.92 Å². The highest BCUT2D eigenvalue weighted by Gasteiger charge is 2.24. The lowest BCUT2D eigenvalue weighted by atomic mass is 9.92. The Morgan fingerprint density at radius 1 is 1.36 bits per heavy atom. The van der Waals surface area contributed by atoms with E-state index in [1.807, 2.05) is 10.7 Å². The summed E-state index contributed by atoms with van der Waals surface area (Å²) in [5, 5.41) is 4.50. The van der Waals surface area contributed by atoms with Crippen LogP contribution in [0.1, 0.15) is 50.8 Å². The van der Waals surface area contributed by atoms with Crippen molar-refractivity contribution in [2.45, 2.75) is 46.0 Å². The normalized spacial score (nSPS) is 17.6. The number of aryl methyl sites for hydroxylation is 1. The van der Waals surface area contributed by atoms with Crippen molar-refractivity contribution < 1.29 is 0 Å². The summed E-state index contributed by atoms with van der Waals surface area (Å²) in [4.78, 5) is 17.4. The van der Waals surface area contributed by atoms with Crippen LogP contribution >= 0.6 is 0 Å². The number of fused-ring (bicyclic) bond motifs is 1. The molecule has 0 atom stereocenters. The summed E-state index contributed by atoms with van der Waals surface area (Å²) in [5.41, 5.74) is 3.02. The number of aromatic nitrogens is 3. The molecule has 1 radical (unpaired) electrons. The van der Waals surface area contributed by atoms with E-state index in [2.05, 4.69) is 35.8 Å². The van der Waals surface area contributed by atoms with E-state index >= 15 is 0 Å². The molecule has 119 valence electrons. The minimum absolute atomic E-state index is 0.0159. The van der Waals surface area contributed by atoms with Crippen LogP contribution in [0.5, 0.6) is 0 Å². The Morgan fingerprint density at radius 3 is 2.73 bits per heavy atom. The Labute approximate surface area is 131 Å². The van der Waals surface area contributed by atoms with Crippen LogP contribution in [0.2, 0.25) is 0 Å². The van der Waals surface area contributed by atoms with Crippen LogP contribution in [-0.2, 0) is 6.42 Å². The van der Waals surface area contributed by atoms with E-state index in [9.17, 15) is 4.79 Å². The molecular weight excluding hydrogens is 276 g/mol. The van der Waals surface area contributed by atoms with Gasteiger partial charge in [0.25, 0.3) is 5.56 Å². The highest BCUT2D eigenvalue weighted by Crippen LogP contribution is 2.28. The number of hydrogen-bond donors (Lipinski definition) is 1. The maximum absolute atomic E-state index is 12.0. The Bertz CT molecular complexity index is 692. The van der Waals surface area contributed by atoms with E-state index < -0.39 is 0 Å². The maximum atomic E-state index is 12.0. The molecule has 1 N–H and O–H groups in total. The minimum atomic E-state index is -0.0159. The van der Waals surface area contributed by atoms with Crippen molar-refractivity contribution in [1.29, 1.82) is 0 Å².